The van der Waals surface area contributed by atoms with Crippen molar-refractivity contribution in [2.75, 3.05) is 12.3 Å². The molecule has 3 heteroatoms. The van der Waals surface area contributed by atoms with Crippen molar-refractivity contribution in [3.63, 3.8) is 0 Å². The van der Waals surface area contributed by atoms with Crippen LogP contribution in [-0.2, 0) is 6.54 Å². The van der Waals surface area contributed by atoms with Gasteiger partial charge >= 0.3 is 0 Å². The van der Waals surface area contributed by atoms with E-state index in [2.05, 4.69) is 30.9 Å². The van der Waals surface area contributed by atoms with E-state index in [0.29, 0.717) is 23.7 Å². The Labute approximate surface area is 139 Å². The second-order valence-electron chi connectivity index (χ2n) is 6.29. The normalized spacial score (nSPS) is 11.2. The van der Waals surface area contributed by atoms with Gasteiger partial charge in [0.2, 0.25) is 0 Å². The van der Waals surface area contributed by atoms with E-state index in [1.54, 1.807) is 6.07 Å². The number of hydrogen-bond donors (Lipinski definition) is 1. The quantitative estimate of drug-likeness (QED) is 0.619. The summed E-state index contributed by atoms with van der Waals surface area (Å²) in [4.78, 5) is 14.7. The molecule has 23 heavy (non-hydrogen) atoms. The van der Waals surface area contributed by atoms with Crippen LogP contribution >= 0.6 is 0 Å². The number of aryl methyl sites for hydroxylation is 1. The second-order valence-corrected chi connectivity index (χ2v) is 6.29. The first-order valence-electron chi connectivity index (χ1n) is 8.14. The monoisotopic (exact) mass is 310 g/mol. The number of carbonyl (C=O) groups excluding carboxylic acids is 1. The summed E-state index contributed by atoms with van der Waals surface area (Å²) in [6.45, 7) is 7.89. The minimum Gasteiger partial charge on any atom is -0.398 e. The van der Waals surface area contributed by atoms with Crippen LogP contribution in [0.25, 0.3) is 0 Å². The number of nitrogens with zero attached hydrogens (tertiary/aromatic N) is 1. The second kappa shape index (κ2) is 7.93. The number of nitrogens with two attached hydrogens (primary N) is 1. The van der Waals surface area contributed by atoms with Gasteiger partial charge in [-0.3, -0.25) is 9.69 Å². The maximum Gasteiger partial charge on any atom is 0.164 e. The molecule has 0 aliphatic carbocycles. The predicted molar refractivity (Wildman–Crippen MR) is 96.5 cm³/mol. The molecule has 0 amide bonds. The summed E-state index contributed by atoms with van der Waals surface area (Å²) < 4.78 is 0. The van der Waals surface area contributed by atoms with Gasteiger partial charge in [-0.05, 0) is 38.0 Å². The van der Waals surface area contributed by atoms with Gasteiger partial charge in [-0.15, -0.1) is 0 Å². The molecule has 0 aliphatic heterocycles. The van der Waals surface area contributed by atoms with Gasteiger partial charge in [0, 0.05) is 36.8 Å². The maximum absolute atomic E-state index is 12.4. The average Bonchev–Trinajstić information content (AvgIpc) is 2.54. The van der Waals surface area contributed by atoms with Gasteiger partial charge in [0.1, 0.15) is 0 Å². The Hall–Kier alpha value is -2.13. The van der Waals surface area contributed by atoms with E-state index in [-0.39, 0.29) is 5.78 Å². The molecular weight excluding hydrogens is 284 g/mol. The Balaban J connectivity index is 1.98. The highest BCUT2D eigenvalue weighted by Crippen LogP contribution is 2.15. The number of ketones is 1. The van der Waals surface area contributed by atoms with Crippen molar-refractivity contribution in [2.45, 2.75) is 39.8 Å². The van der Waals surface area contributed by atoms with Gasteiger partial charge in [-0.25, -0.2) is 0 Å². The van der Waals surface area contributed by atoms with Crippen molar-refractivity contribution in [1.82, 2.24) is 4.90 Å². The standard InChI is InChI=1S/C20H26N2O/c1-15(2)22(14-17-7-5-4-6-8-17)12-11-20(23)18-10-9-16(3)19(21)13-18/h4-10,13,15H,11-12,14,21H2,1-3H3. The van der Waals surface area contributed by atoms with E-state index >= 15 is 0 Å². The fraction of sp³-hybridized carbons (Fsp3) is 0.350. The minimum atomic E-state index is 0.149. The summed E-state index contributed by atoms with van der Waals surface area (Å²) in [5, 5.41) is 0. The highest BCUT2D eigenvalue weighted by molar-refractivity contribution is 5.97. The molecule has 2 N–H and O–H groups in total. The summed E-state index contributed by atoms with van der Waals surface area (Å²) in [5.41, 5.74) is 9.57. The smallest absolute Gasteiger partial charge is 0.164 e. The number of anilines is 1. The molecule has 2 rings (SSSR count). The average molecular weight is 310 g/mol. The molecule has 0 radical (unpaired) electrons. The number of nitrogen functional groups attached to an aromatic ring is 1. The molecule has 0 saturated heterocycles. The molecule has 0 fully saturated rings. The van der Waals surface area contributed by atoms with Crippen molar-refractivity contribution in [3.8, 4) is 0 Å². The summed E-state index contributed by atoms with van der Waals surface area (Å²) in [5.74, 6) is 0.149. The first-order chi connectivity index (χ1) is 11.0. The molecule has 3 nitrogen and oxygen atoms in total. The SMILES string of the molecule is Cc1ccc(C(=O)CCN(Cc2ccccc2)C(C)C)cc1N. The Kier molecular flexibility index (Phi) is 5.94. The molecule has 0 aromatic heterocycles. The van der Waals surface area contributed by atoms with Crippen LogP contribution in [0.2, 0.25) is 0 Å². The summed E-state index contributed by atoms with van der Waals surface area (Å²) in [6.07, 6.45) is 0.507. The first-order valence-corrected chi connectivity index (χ1v) is 8.14. The van der Waals surface area contributed by atoms with Crippen LogP contribution < -0.4 is 5.73 Å². The van der Waals surface area contributed by atoms with Gasteiger partial charge in [0.25, 0.3) is 0 Å². The summed E-state index contributed by atoms with van der Waals surface area (Å²) in [6, 6.07) is 16.3. The molecule has 0 unspecified atom stereocenters. The van der Waals surface area contributed by atoms with Crippen molar-refractivity contribution in [3.05, 3.63) is 65.2 Å². The Bertz CT molecular complexity index is 650. The number of rotatable bonds is 7. The lowest BCUT2D eigenvalue weighted by Gasteiger charge is -2.26. The minimum absolute atomic E-state index is 0.149. The topological polar surface area (TPSA) is 46.3 Å². The Morgan fingerprint density at radius 3 is 2.43 bits per heavy atom. The van der Waals surface area contributed by atoms with Crippen LogP contribution in [0.1, 0.15) is 41.8 Å². The lowest BCUT2D eigenvalue weighted by atomic mass is 10.0. The Morgan fingerprint density at radius 2 is 1.83 bits per heavy atom. The highest BCUT2D eigenvalue weighted by Gasteiger charge is 2.14. The zero-order valence-corrected chi connectivity index (χ0v) is 14.3. The first kappa shape index (κ1) is 17.2. The van der Waals surface area contributed by atoms with Gasteiger partial charge in [-0.1, -0.05) is 42.5 Å². The van der Waals surface area contributed by atoms with E-state index in [4.69, 9.17) is 5.73 Å². The third kappa shape index (κ3) is 4.93. The fourth-order valence-corrected chi connectivity index (χ4v) is 2.54. The van der Waals surface area contributed by atoms with E-state index in [1.165, 1.54) is 5.56 Å². The van der Waals surface area contributed by atoms with Gasteiger partial charge in [-0.2, -0.15) is 0 Å². The van der Waals surface area contributed by atoms with E-state index in [0.717, 1.165) is 18.7 Å². The van der Waals surface area contributed by atoms with Gasteiger partial charge in [0.15, 0.2) is 5.78 Å². The van der Waals surface area contributed by atoms with Crippen LogP contribution in [-0.4, -0.2) is 23.3 Å². The highest BCUT2D eigenvalue weighted by atomic mass is 16.1. The van der Waals surface area contributed by atoms with Crippen LogP contribution in [0.4, 0.5) is 5.69 Å². The maximum atomic E-state index is 12.4. The van der Waals surface area contributed by atoms with Gasteiger partial charge in [0.05, 0.1) is 0 Å². The van der Waals surface area contributed by atoms with Crippen molar-refractivity contribution in [2.24, 2.45) is 0 Å². The number of Topliss-reactive ketones (excluding diaryl/α,β-unsaturated/α-hetero) is 1. The molecular formula is C20H26N2O. The number of benzene rings is 2. The van der Waals surface area contributed by atoms with E-state index in [1.807, 2.05) is 37.3 Å². The van der Waals surface area contributed by atoms with Crippen LogP contribution in [0.15, 0.2) is 48.5 Å². The van der Waals surface area contributed by atoms with Crippen molar-refractivity contribution < 1.29 is 4.79 Å². The lowest BCUT2D eigenvalue weighted by molar-refractivity contribution is 0.0952. The fourth-order valence-electron chi connectivity index (χ4n) is 2.54. The molecule has 0 heterocycles. The van der Waals surface area contributed by atoms with Crippen LogP contribution in [0, 0.1) is 6.92 Å². The van der Waals surface area contributed by atoms with Crippen molar-refractivity contribution >= 4 is 11.5 Å². The lowest BCUT2D eigenvalue weighted by Crippen LogP contribution is -2.32. The third-order valence-electron chi connectivity index (χ3n) is 4.19. The zero-order chi connectivity index (χ0) is 16.8. The van der Waals surface area contributed by atoms with E-state index in [9.17, 15) is 4.79 Å². The predicted octanol–water partition coefficient (Wildman–Crippen LogP) is 4.06. The molecule has 2 aromatic carbocycles. The zero-order valence-electron chi connectivity index (χ0n) is 14.3. The van der Waals surface area contributed by atoms with Crippen molar-refractivity contribution in [1.29, 1.82) is 0 Å². The third-order valence-corrected chi connectivity index (χ3v) is 4.19. The molecule has 0 bridgehead atoms. The largest absolute Gasteiger partial charge is 0.398 e. The van der Waals surface area contributed by atoms with Gasteiger partial charge < -0.3 is 5.73 Å². The summed E-state index contributed by atoms with van der Waals surface area (Å²) >= 11 is 0. The number of carbonyl (C=O) groups is 1. The van der Waals surface area contributed by atoms with Crippen LogP contribution in [0.5, 0.6) is 0 Å². The molecule has 0 atom stereocenters. The number of hydrogen-bond acceptors (Lipinski definition) is 3. The molecule has 2 aromatic rings. The van der Waals surface area contributed by atoms with Crippen LogP contribution in [0.3, 0.4) is 0 Å². The molecule has 0 spiro atoms. The molecule has 0 aliphatic rings. The molecule has 0 saturated carbocycles. The Morgan fingerprint density at radius 1 is 1.13 bits per heavy atom. The molecule has 122 valence electrons. The van der Waals surface area contributed by atoms with E-state index < -0.39 is 0 Å². The summed E-state index contributed by atoms with van der Waals surface area (Å²) in [7, 11) is 0.